The van der Waals surface area contributed by atoms with Gasteiger partial charge in [-0.1, -0.05) is 12.1 Å². The average Bonchev–Trinajstić information content (AvgIpc) is 2.78. The molecule has 1 aliphatic heterocycles. The van der Waals surface area contributed by atoms with Crippen LogP contribution in [0.4, 0.5) is 4.39 Å². The number of fused-ring (bicyclic) bond motifs is 1. The molecule has 1 heterocycles. The summed E-state index contributed by atoms with van der Waals surface area (Å²) in [5.41, 5.74) is 1.32. The molecule has 0 radical (unpaired) electrons. The van der Waals surface area contributed by atoms with Gasteiger partial charge in [-0.05, 0) is 61.4 Å². The Morgan fingerprint density at radius 1 is 1.00 bits per heavy atom. The maximum atomic E-state index is 12.8. The second-order valence-corrected chi connectivity index (χ2v) is 4.90. The Balaban J connectivity index is 1.76. The molecule has 1 nitrogen and oxygen atoms in total. The lowest BCUT2D eigenvalue weighted by Gasteiger charge is -2.11. The average molecular weight is 205 g/mol. The van der Waals surface area contributed by atoms with E-state index in [9.17, 15) is 4.39 Å². The van der Waals surface area contributed by atoms with Crippen molar-refractivity contribution in [3.05, 3.63) is 35.6 Å². The lowest BCUT2D eigenvalue weighted by atomic mass is 9.96. The molecule has 15 heavy (non-hydrogen) atoms. The Bertz CT molecular complexity index is 334. The molecular weight excluding hydrogens is 189 g/mol. The number of hydrogen-bond acceptors (Lipinski definition) is 1. The third-order valence-corrected chi connectivity index (χ3v) is 4.00. The monoisotopic (exact) mass is 205 g/mol. The van der Waals surface area contributed by atoms with Gasteiger partial charge in [0, 0.05) is 0 Å². The third-order valence-electron chi connectivity index (χ3n) is 4.00. The summed E-state index contributed by atoms with van der Waals surface area (Å²) >= 11 is 0. The normalized spacial score (nSPS) is 34.3. The summed E-state index contributed by atoms with van der Waals surface area (Å²) in [4.78, 5) is 0. The van der Waals surface area contributed by atoms with Gasteiger partial charge in [0.1, 0.15) is 5.82 Å². The minimum absolute atomic E-state index is 0.126. The fourth-order valence-electron chi connectivity index (χ4n) is 3.17. The Kier molecular flexibility index (Phi) is 2.24. The van der Waals surface area contributed by atoms with E-state index in [1.54, 1.807) is 12.1 Å². The molecule has 3 atom stereocenters. The van der Waals surface area contributed by atoms with Crippen molar-refractivity contribution in [3.8, 4) is 0 Å². The molecule has 3 rings (SSSR count). The lowest BCUT2D eigenvalue weighted by Crippen LogP contribution is -2.11. The van der Waals surface area contributed by atoms with Crippen LogP contribution in [0, 0.1) is 17.7 Å². The molecule has 2 fully saturated rings. The SMILES string of the molecule is Fc1ccc(C2C[C@H]3CNC[C@H]3C2)cc1. The van der Waals surface area contributed by atoms with E-state index in [1.165, 1.54) is 31.5 Å². The summed E-state index contributed by atoms with van der Waals surface area (Å²) in [6.45, 7) is 2.37. The Morgan fingerprint density at radius 2 is 1.60 bits per heavy atom. The van der Waals surface area contributed by atoms with E-state index in [0.29, 0.717) is 5.92 Å². The van der Waals surface area contributed by atoms with Crippen LogP contribution in [0.5, 0.6) is 0 Å². The first kappa shape index (κ1) is 9.34. The molecule has 1 aromatic rings. The Hall–Kier alpha value is -0.890. The summed E-state index contributed by atoms with van der Waals surface area (Å²) < 4.78 is 12.8. The highest BCUT2D eigenvalue weighted by Crippen LogP contribution is 2.43. The second kappa shape index (κ2) is 3.60. The standard InChI is InChI=1S/C13H16FN/c14-13-3-1-9(2-4-13)10-5-11-7-15-8-12(11)6-10/h1-4,10-12,15H,5-8H2/t10?,11-,12+. The summed E-state index contributed by atoms with van der Waals surface area (Å²) in [6.07, 6.45) is 2.56. The highest BCUT2D eigenvalue weighted by molar-refractivity contribution is 5.22. The largest absolute Gasteiger partial charge is 0.316 e. The van der Waals surface area contributed by atoms with Crippen LogP contribution in [0.25, 0.3) is 0 Å². The molecule has 0 bridgehead atoms. The van der Waals surface area contributed by atoms with Crippen molar-refractivity contribution in [1.82, 2.24) is 5.32 Å². The molecule has 2 heteroatoms. The van der Waals surface area contributed by atoms with Gasteiger partial charge >= 0.3 is 0 Å². The molecule has 1 saturated heterocycles. The minimum Gasteiger partial charge on any atom is -0.316 e. The predicted molar refractivity (Wildman–Crippen MR) is 58.2 cm³/mol. The minimum atomic E-state index is -0.126. The maximum absolute atomic E-state index is 12.8. The van der Waals surface area contributed by atoms with Gasteiger partial charge in [0.15, 0.2) is 0 Å². The summed E-state index contributed by atoms with van der Waals surface area (Å²) in [5, 5.41) is 3.45. The van der Waals surface area contributed by atoms with Gasteiger partial charge in [-0.25, -0.2) is 4.39 Å². The van der Waals surface area contributed by atoms with Crippen molar-refractivity contribution in [2.24, 2.45) is 11.8 Å². The van der Waals surface area contributed by atoms with Crippen LogP contribution in [-0.4, -0.2) is 13.1 Å². The topological polar surface area (TPSA) is 12.0 Å². The van der Waals surface area contributed by atoms with Gasteiger partial charge in [0.05, 0.1) is 0 Å². The number of halogens is 1. The van der Waals surface area contributed by atoms with Gasteiger partial charge in [0.2, 0.25) is 0 Å². The molecule has 0 amide bonds. The van der Waals surface area contributed by atoms with Crippen molar-refractivity contribution in [3.63, 3.8) is 0 Å². The quantitative estimate of drug-likeness (QED) is 0.743. The zero-order chi connectivity index (χ0) is 10.3. The third kappa shape index (κ3) is 1.67. The molecular formula is C13H16FN. The first-order valence-electron chi connectivity index (χ1n) is 5.79. The molecule has 1 unspecified atom stereocenters. The summed E-state index contributed by atoms with van der Waals surface area (Å²) in [6, 6.07) is 7.08. The van der Waals surface area contributed by atoms with E-state index in [0.717, 1.165) is 11.8 Å². The van der Waals surface area contributed by atoms with Crippen molar-refractivity contribution in [2.75, 3.05) is 13.1 Å². The van der Waals surface area contributed by atoms with Gasteiger partial charge in [-0.3, -0.25) is 0 Å². The van der Waals surface area contributed by atoms with Crippen LogP contribution in [0.2, 0.25) is 0 Å². The molecule has 1 aromatic carbocycles. The fraction of sp³-hybridized carbons (Fsp3) is 0.538. The van der Waals surface area contributed by atoms with Gasteiger partial charge in [-0.2, -0.15) is 0 Å². The van der Waals surface area contributed by atoms with E-state index < -0.39 is 0 Å². The summed E-state index contributed by atoms with van der Waals surface area (Å²) in [5.74, 6) is 2.27. The second-order valence-electron chi connectivity index (χ2n) is 4.90. The molecule has 1 N–H and O–H groups in total. The number of benzene rings is 1. The lowest BCUT2D eigenvalue weighted by molar-refractivity contribution is 0.494. The predicted octanol–water partition coefficient (Wildman–Crippen LogP) is 2.54. The zero-order valence-electron chi connectivity index (χ0n) is 8.75. The Labute approximate surface area is 89.7 Å². The van der Waals surface area contributed by atoms with E-state index in [2.05, 4.69) is 5.32 Å². The van der Waals surface area contributed by atoms with Gasteiger partial charge in [-0.15, -0.1) is 0 Å². The number of rotatable bonds is 1. The molecule has 1 saturated carbocycles. The van der Waals surface area contributed by atoms with Crippen LogP contribution < -0.4 is 5.32 Å². The highest BCUT2D eigenvalue weighted by Gasteiger charge is 2.37. The van der Waals surface area contributed by atoms with Crippen molar-refractivity contribution < 1.29 is 4.39 Å². The van der Waals surface area contributed by atoms with Crippen molar-refractivity contribution in [1.29, 1.82) is 0 Å². The van der Waals surface area contributed by atoms with Crippen molar-refractivity contribution >= 4 is 0 Å². The number of hydrogen-bond donors (Lipinski definition) is 1. The Morgan fingerprint density at radius 3 is 2.20 bits per heavy atom. The van der Waals surface area contributed by atoms with Gasteiger partial charge < -0.3 is 5.32 Å². The van der Waals surface area contributed by atoms with Crippen LogP contribution in [0.3, 0.4) is 0 Å². The van der Waals surface area contributed by atoms with Crippen LogP contribution in [0.1, 0.15) is 24.3 Å². The maximum Gasteiger partial charge on any atom is 0.123 e. The first-order valence-corrected chi connectivity index (χ1v) is 5.79. The first-order chi connectivity index (χ1) is 7.33. The van der Waals surface area contributed by atoms with Gasteiger partial charge in [0.25, 0.3) is 0 Å². The molecule has 80 valence electrons. The van der Waals surface area contributed by atoms with Crippen LogP contribution in [-0.2, 0) is 0 Å². The smallest absolute Gasteiger partial charge is 0.123 e. The van der Waals surface area contributed by atoms with E-state index >= 15 is 0 Å². The molecule has 2 aliphatic rings. The molecule has 0 spiro atoms. The molecule has 1 aliphatic carbocycles. The molecule has 0 aromatic heterocycles. The zero-order valence-corrected chi connectivity index (χ0v) is 8.75. The highest BCUT2D eigenvalue weighted by atomic mass is 19.1. The van der Waals surface area contributed by atoms with Crippen LogP contribution >= 0.6 is 0 Å². The van der Waals surface area contributed by atoms with Crippen LogP contribution in [0.15, 0.2) is 24.3 Å². The van der Waals surface area contributed by atoms with E-state index in [4.69, 9.17) is 0 Å². The summed E-state index contributed by atoms with van der Waals surface area (Å²) in [7, 11) is 0. The van der Waals surface area contributed by atoms with E-state index in [1.807, 2.05) is 12.1 Å². The van der Waals surface area contributed by atoms with Crippen molar-refractivity contribution in [2.45, 2.75) is 18.8 Å². The fourth-order valence-corrected chi connectivity index (χ4v) is 3.17. The van der Waals surface area contributed by atoms with E-state index in [-0.39, 0.29) is 5.82 Å². The number of nitrogens with one attached hydrogen (secondary N) is 1.